The van der Waals surface area contributed by atoms with Crippen molar-refractivity contribution in [3.05, 3.63) is 66.6 Å². The minimum absolute atomic E-state index is 0.0166. The van der Waals surface area contributed by atoms with Crippen LogP contribution in [-0.4, -0.2) is 16.2 Å². The summed E-state index contributed by atoms with van der Waals surface area (Å²) in [6.07, 6.45) is 0. The van der Waals surface area contributed by atoms with E-state index >= 15 is 0 Å². The predicted molar refractivity (Wildman–Crippen MR) is 170 cm³/mol. The normalized spacial score (nSPS) is 18.0. The zero-order valence-corrected chi connectivity index (χ0v) is 30.3. The molecule has 170 valence electrons. The first-order valence-corrected chi connectivity index (χ1v) is 16.1. The van der Waals surface area contributed by atoms with Gasteiger partial charge in [-0.15, -0.1) is 0 Å². The van der Waals surface area contributed by atoms with E-state index in [9.17, 15) is 15.0 Å². The molecular weight excluding hydrogens is 1150 g/mol. The summed E-state index contributed by atoms with van der Waals surface area (Å²) in [5.74, 6) is 0.252. The van der Waals surface area contributed by atoms with Crippen molar-refractivity contribution in [2.24, 2.45) is 0 Å². The Balaban J connectivity index is 2.10. The molecule has 5 rings (SSSR count). The zero-order valence-electron chi connectivity index (χ0n) is 15.3. The van der Waals surface area contributed by atoms with Gasteiger partial charge in [0.15, 0.2) is 17.1 Å². The van der Waals surface area contributed by atoms with Crippen LogP contribution >= 0.6 is 154 Å². The Kier molecular flexibility index (Phi) is 7.08. The second-order valence-electron chi connectivity index (χ2n) is 6.94. The number of fused-ring (bicyclic) bond motifs is 6. The minimum Gasteiger partial charge on any atom is -0.506 e. The molecule has 2 aliphatic rings. The van der Waals surface area contributed by atoms with E-state index < -0.39 is 11.6 Å². The lowest BCUT2D eigenvalue weighted by atomic mass is 9.77. The van der Waals surface area contributed by atoms with E-state index in [-0.39, 0.29) is 11.5 Å². The zero-order chi connectivity index (χ0) is 24.1. The summed E-state index contributed by atoms with van der Waals surface area (Å²) in [6, 6.07) is 3.63. The smallest absolute Gasteiger partial charge is 0.341 e. The number of phenols is 2. The standard InChI is InChI=1S/C20H4Br4I4O5/c21-3-1-2-4(22)6-5(3)19(31)33-20(6)7-9(23)10(24)15(29)13(27)17(7)32-18-8(20)11(25)12(26)16(30)14(18)28/h1-2,29-30H. The summed E-state index contributed by atoms with van der Waals surface area (Å²) in [5, 5.41) is 21.5. The topological polar surface area (TPSA) is 76.0 Å². The van der Waals surface area contributed by atoms with Gasteiger partial charge >= 0.3 is 5.97 Å². The Bertz CT molecular complexity index is 1390. The third-order valence-corrected chi connectivity index (χ3v) is 13.9. The van der Waals surface area contributed by atoms with Crippen molar-refractivity contribution in [3.63, 3.8) is 0 Å². The first kappa shape index (κ1) is 26.0. The van der Waals surface area contributed by atoms with Crippen molar-refractivity contribution in [1.82, 2.24) is 0 Å². The fourth-order valence-corrected chi connectivity index (χ4v) is 9.74. The molecule has 0 fully saturated rings. The average molecular weight is 1150 g/mol. The molecule has 13 heteroatoms. The molecule has 2 aliphatic heterocycles. The number of hydrogen-bond donors (Lipinski definition) is 2. The summed E-state index contributed by atoms with van der Waals surface area (Å²) >= 11 is 22.5. The number of hydrogen-bond acceptors (Lipinski definition) is 5. The predicted octanol–water partition coefficient (Wildman–Crippen LogP) is 9.13. The summed E-state index contributed by atoms with van der Waals surface area (Å²) in [5.41, 5.74) is 0.712. The van der Waals surface area contributed by atoms with E-state index in [2.05, 4.69) is 109 Å². The van der Waals surface area contributed by atoms with Gasteiger partial charge in [0.2, 0.25) is 0 Å². The van der Waals surface area contributed by atoms with Crippen molar-refractivity contribution < 1.29 is 24.5 Å². The van der Waals surface area contributed by atoms with Gasteiger partial charge in [-0.25, -0.2) is 4.79 Å². The van der Waals surface area contributed by atoms with Gasteiger partial charge in [-0.1, -0.05) is 15.9 Å². The molecule has 33 heavy (non-hydrogen) atoms. The minimum atomic E-state index is -1.42. The molecule has 0 saturated carbocycles. The third kappa shape index (κ3) is 3.46. The van der Waals surface area contributed by atoms with Crippen molar-refractivity contribution in [1.29, 1.82) is 0 Å². The van der Waals surface area contributed by atoms with Crippen LogP contribution in [0.3, 0.4) is 0 Å². The van der Waals surface area contributed by atoms with Crippen LogP contribution in [0.15, 0.2) is 30.0 Å². The van der Waals surface area contributed by atoms with E-state index in [4.69, 9.17) is 9.47 Å². The van der Waals surface area contributed by atoms with Crippen molar-refractivity contribution in [3.8, 4) is 23.0 Å². The van der Waals surface area contributed by atoms with Crippen molar-refractivity contribution >= 4 is 160 Å². The van der Waals surface area contributed by atoms with E-state index in [1.54, 1.807) is 6.07 Å². The quantitative estimate of drug-likeness (QED) is 0.134. The molecule has 1 unspecified atom stereocenters. The first-order chi connectivity index (χ1) is 15.4. The monoisotopic (exact) mass is 1150 g/mol. The van der Waals surface area contributed by atoms with E-state index in [1.807, 2.05) is 51.2 Å². The first-order valence-electron chi connectivity index (χ1n) is 8.64. The Hall–Kier alpha value is 1.37. The molecular formula is C20H4Br4I4O5. The van der Waals surface area contributed by atoms with E-state index in [1.165, 1.54) is 0 Å². The van der Waals surface area contributed by atoms with E-state index in [0.717, 1.165) is 0 Å². The van der Waals surface area contributed by atoms with Crippen LogP contribution in [0, 0.1) is 14.3 Å². The summed E-state index contributed by atoms with van der Waals surface area (Å²) in [6.45, 7) is 0. The lowest BCUT2D eigenvalue weighted by molar-refractivity contribution is 0.0215. The van der Waals surface area contributed by atoms with Crippen LogP contribution < -0.4 is 4.74 Å². The molecule has 0 amide bonds. The molecule has 1 atom stereocenters. The van der Waals surface area contributed by atoms with Crippen molar-refractivity contribution in [2.45, 2.75) is 5.60 Å². The molecule has 3 aromatic rings. The molecule has 1 spiro atoms. The maximum atomic E-state index is 13.4. The number of benzene rings is 3. The lowest BCUT2D eigenvalue weighted by Crippen LogP contribution is -2.36. The second-order valence-corrected chi connectivity index (χ2v) is 14.6. The highest BCUT2D eigenvalue weighted by atomic mass is 127. The van der Waals surface area contributed by atoms with Gasteiger partial charge in [0.1, 0.15) is 11.5 Å². The van der Waals surface area contributed by atoms with Gasteiger partial charge in [-0.2, -0.15) is 0 Å². The fourth-order valence-electron chi connectivity index (χ4n) is 3.99. The third-order valence-electron chi connectivity index (χ3n) is 5.32. The van der Waals surface area contributed by atoms with Gasteiger partial charge in [-0.05, 0) is 150 Å². The number of carbonyl (C=O) groups is 1. The largest absolute Gasteiger partial charge is 0.506 e. The summed E-state index contributed by atoms with van der Waals surface area (Å²) in [4.78, 5) is 13.4. The number of aromatic hydroxyl groups is 2. The lowest BCUT2D eigenvalue weighted by Gasteiger charge is -2.39. The molecule has 0 radical (unpaired) electrons. The Morgan fingerprint density at radius 1 is 0.727 bits per heavy atom. The second kappa shape index (κ2) is 8.99. The molecule has 2 heterocycles. The highest BCUT2D eigenvalue weighted by Crippen LogP contribution is 2.65. The highest BCUT2D eigenvalue weighted by Gasteiger charge is 2.59. The molecule has 0 bridgehead atoms. The summed E-state index contributed by atoms with van der Waals surface area (Å²) in [7, 11) is 0. The average Bonchev–Trinajstić information content (AvgIpc) is 3.08. The van der Waals surface area contributed by atoms with Crippen LogP contribution in [0.25, 0.3) is 0 Å². The van der Waals surface area contributed by atoms with Gasteiger partial charge < -0.3 is 19.7 Å². The maximum Gasteiger partial charge on any atom is 0.341 e. The van der Waals surface area contributed by atoms with Gasteiger partial charge in [0.05, 0.1) is 31.9 Å². The van der Waals surface area contributed by atoms with Crippen LogP contribution in [0.5, 0.6) is 23.0 Å². The van der Waals surface area contributed by atoms with Gasteiger partial charge in [0.25, 0.3) is 0 Å². The van der Waals surface area contributed by atoms with Crippen molar-refractivity contribution in [2.75, 3.05) is 0 Å². The van der Waals surface area contributed by atoms with Crippen LogP contribution in [0.1, 0.15) is 27.0 Å². The SMILES string of the molecule is O=C1OC2(c3c(Br)c(Br)c(O)c(I)c3Oc3c(I)c(O)c(I)c(I)c32)c2c(Br)ccc(Br)c21. The van der Waals surface area contributed by atoms with E-state index in [0.29, 0.717) is 65.9 Å². The van der Waals surface area contributed by atoms with Gasteiger partial charge in [0, 0.05) is 22.6 Å². The number of rotatable bonds is 0. The Morgan fingerprint density at radius 2 is 1.30 bits per heavy atom. The van der Waals surface area contributed by atoms with Gasteiger partial charge in [-0.3, -0.25) is 0 Å². The molecule has 2 N–H and O–H groups in total. The molecule has 0 saturated heterocycles. The summed E-state index contributed by atoms with van der Waals surface area (Å²) < 4.78 is 17.1. The molecule has 0 aliphatic carbocycles. The Morgan fingerprint density at radius 3 is 1.97 bits per heavy atom. The molecule has 5 nitrogen and oxygen atoms in total. The Labute approximate surface area is 275 Å². The number of esters is 1. The van der Waals surface area contributed by atoms with Crippen LogP contribution in [0.2, 0.25) is 0 Å². The number of phenolic OH excluding ortho intramolecular Hbond substituents is 2. The molecule has 0 aromatic heterocycles. The van der Waals surface area contributed by atoms with Crippen LogP contribution in [-0.2, 0) is 10.3 Å². The highest BCUT2D eigenvalue weighted by molar-refractivity contribution is 14.1. The maximum absolute atomic E-state index is 13.4. The molecule has 3 aromatic carbocycles. The van der Waals surface area contributed by atoms with Crippen LogP contribution in [0.4, 0.5) is 0 Å². The fraction of sp³-hybridized carbons (Fsp3) is 0.0500. The number of halogens is 8. The number of ether oxygens (including phenoxy) is 2. The number of carbonyl (C=O) groups excluding carboxylic acids is 1.